The first-order chi connectivity index (χ1) is 30.3. The van der Waals surface area contributed by atoms with E-state index in [2.05, 4.69) is 23.8 Å². The fraction of sp³-hybridized carbons (Fsp3) is 0.314. The minimum absolute atomic E-state index is 0.0595. The molecular formula is C51H53F2N3O6. The largest absolute Gasteiger partial charge is 0.491 e. The van der Waals surface area contributed by atoms with Gasteiger partial charge in [-0.05, 0) is 84.6 Å². The Balaban J connectivity index is 1.10. The highest BCUT2D eigenvalue weighted by Gasteiger charge is 2.16. The second-order valence-electron chi connectivity index (χ2n) is 14.8. The van der Waals surface area contributed by atoms with Crippen LogP contribution < -0.4 is 18.9 Å². The van der Waals surface area contributed by atoms with Crippen molar-refractivity contribution in [2.75, 3.05) is 13.2 Å². The van der Waals surface area contributed by atoms with Crippen LogP contribution in [0.5, 0.6) is 23.0 Å². The van der Waals surface area contributed by atoms with E-state index in [1.807, 2.05) is 6.07 Å². The smallest absolute Gasteiger partial charge is 0.343 e. The topological polar surface area (TPSA) is 120 Å². The first-order valence-corrected chi connectivity index (χ1v) is 21.4. The summed E-state index contributed by atoms with van der Waals surface area (Å²) in [5, 5.41) is 9.66. The third kappa shape index (κ3) is 15.1. The summed E-state index contributed by atoms with van der Waals surface area (Å²) < 4.78 is 51.6. The SMILES string of the molecule is CCCCCCCCOc1ccc(N=Cc2ccc(C(=O)Oc3ccc(C#N)c(OC(=O)c4ccc(C=Nc5ccc(OCCCCCCCC)c(F)c5)cc4)c3)cc2)cc1F. The lowest BCUT2D eigenvalue weighted by Crippen LogP contribution is -2.11. The molecule has 322 valence electrons. The molecule has 0 amide bonds. The quantitative estimate of drug-likeness (QED) is 0.0262. The van der Waals surface area contributed by atoms with Crippen molar-refractivity contribution in [3.63, 3.8) is 0 Å². The minimum Gasteiger partial charge on any atom is -0.491 e. The number of rotatable bonds is 24. The Bertz CT molecular complexity index is 2320. The molecule has 0 heterocycles. The van der Waals surface area contributed by atoms with Gasteiger partial charge in [-0.3, -0.25) is 9.98 Å². The average molecular weight is 842 g/mol. The van der Waals surface area contributed by atoms with Crippen LogP contribution in [0.25, 0.3) is 0 Å². The number of hydrogen-bond acceptors (Lipinski definition) is 9. The third-order valence-electron chi connectivity index (χ3n) is 9.85. The zero-order valence-corrected chi connectivity index (χ0v) is 35.4. The Morgan fingerprint density at radius 3 is 1.45 bits per heavy atom. The van der Waals surface area contributed by atoms with Crippen LogP contribution in [0.3, 0.4) is 0 Å². The summed E-state index contributed by atoms with van der Waals surface area (Å²) in [6, 6.07) is 28.0. The average Bonchev–Trinajstić information content (AvgIpc) is 3.28. The van der Waals surface area contributed by atoms with E-state index in [1.165, 1.54) is 81.0 Å². The van der Waals surface area contributed by atoms with E-state index in [4.69, 9.17) is 18.9 Å². The summed E-state index contributed by atoms with van der Waals surface area (Å²) in [5.41, 5.74) is 2.65. The van der Waals surface area contributed by atoms with Crippen LogP contribution in [0, 0.1) is 23.0 Å². The molecule has 11 heteroatoms. The molecule has 0 saturated carbocycles. The summed E-state index contributed by atoms with van der Waals surface area (Å²) in [5.74, 6) is -2.02. The van der Waals surface area contributed by atoms with E-state index >= 15 is 0 Å². The maximum atomic E-state index is 14.6. The Morgan fingerprint density at radius 1 is 0.548 bits per heavy atom. The van der Waals surface area contributed by atoms with Gasteiger partial charge in [0.15, 0.2) is 28.9 Å². The van der Waals surface area contributed by atoms with Gasteiger partial charge in [0.05, 0.1) is 41.3 Å². The van der Waals surface area contributed by atoms with Gasteiger partial charge in [0.25, 0.3) is 0 Å². The molecular weight excluding hydrogens is 789 g/mol. The summed E-state index contributed by atoms with van der Waals surface area (Å²) in [7, 11) is 0. The van der Waals surface area contributed by atoms with E-state index in [-0.39, 0.29) is 39.7 Å². The lowest BCUT2D eigenvalue weighted by Gasteiger charge is -2.10. The van der Waals surface area contributed by atoms with Gasteiger partial charge in [-0.25, -0.2) is 18.4 Å². The minimum atomic E-state index is -0.736. The van der Waals surface area contributed by atoms with E-state index in [0.29, 0.717) is 35.7 Å². The fourth-order valence-corrected chi connectivity index (χ4v) is 6.28. The Morgan fingerprint density at radius 2 is 1.00 bits per heavy atom. The van der Waals surface area contributed by atoms with Crippen LogP contribution >= 0.6 is 0 Å². The van der Waals surface area contributed by atoms with Gasteiger partial charge in [-0.2, -0.15) is 5.26 Å². The number of esters is 2. The second kappa shape index (κ2) is 25.2. The summed E-state index contributed by atoms with van der Waals surface area (Å²) in [6.45, 7) is 5.28. The first kappa shape index (κ1) is 46.4. The molecule has 5 rings (SSSR count). The highest BCUT2D eigenvalue weighted by atomic mass is 19.1. The van der Waals surface area contributed by atoms with E-state index < -0.39 is 23.6 Å². The number of carbonyl (C=O) groups excluding carboxylic acids is 2. The van der Waals surface area contributed by atoms with Gasteiger partial charge in [0, 0.05) is 30.6 Å². The number of halogens is 2. The molecule has 0 saturated heterocycles. The van der Waals surface area contributed by atoms with Crippen molar-refractivity contribution in [1.29, 1.82) is 5.26 Å². The molecule has 0 unspecified atom stereocenters. The van der Waals surface area contributed by atoms with Gasteiger partial charge < -0.3 is 18.9 Å². The molecule has 0 aliphatic carbocycles. The second-order valence-corrected chi connectivity index (χ2v) is 14.8. The Labute approximate surface area is 363 Å². The van der Waals surface area contributed by atoms with Gasteiger partial charge >= 0.3 is 11.9 Å². The van der Waals surface area contributed by atoms with E-state index in [0.717, 1.165) is 38.5 Å². The monoisotopic (exact) mass is 841 g/mol. The molecule has 0 aromatic heterocycles. The van der Waals surface area contributed by atoms with Gasteiger partial charge in [0.1, 0.15) is 11.8 Å². The Hall–Kier alpha value is -6.67. The third-order valence-corrected chi connectivity index (χ3v) is 9.85. The lowest BCUT2D eigenvalue weighted by atomic mass is 10.1. The fourth-order valence-electron chi connectivity index (χ4n) is 6.28. The van der Waals surface area contributed by atoms with Crippen molar-refractivity contribution in [2.24, 2.45) is 9.98 Å². The van der Waals surface area contributed by atoms with E-state index in [1.54, 1.807) is 73.1 Å². The number of benzene rings is 5. The molecule has 0 aliphatic rings. The summed E-state index contributed by atoms with van der Waals surface area (Å²) in [6.07, 6.45) is 16.5. The number of carbonyl (C=O) groups is 2. The van der Waals surface area contributed by atoms with Crippen LogP contribution in [0.15, 0.2) is 113 Å². The summed E-state index contributed by atoms with van der Waals surface area (Å²) >= 11 is 0. The predicted octanol–water partition coefficient (Wildman–Crippen LogP) is 13.3. The highest BCUT2D eigenvalue weighted by Crippen LogP contribution is 2.28. The van der Waals surface area contributed by atoms with Crippen molar-refractivity contribution >= 4 is 35.7 Å². The van der Waals surface area contributed by atoms with Crippen molar-refractivity contribution in [3.8, 4) is 29.1 Å². The molecule has 0 N–H and O–H groups in total. The predicted molar refractivity (Wildman–Crippen MR) is 239 cm³/mol. The van der Waals surface area contributed by atoms with Crippen LogP contribution in [0.2, 0.25) is 0 Å². The molecule has 5 aromatic rings. The molecule has 0 fully saturated rings. The molecule has 0 spiro atoms. The maximum absolute atomic E-state index is 14.6. The number of nitriles is 1. The number of ether oxygens (including phenoxy) is 4. The van der Waals surface area contributed by atoms with Crippen LogP contribution in [0.1, 0.15) is 128 Å². The molecule has 0 radical (unpaired) electrons. The van der Waals surface area contributed by atoms with Crippen LogP contribution in [0.4, 0.5) is 20.2 Å². The van der Waals surface area contributed by atoms with Gasteiger partial charge in [0.2, 0.25) is 0 Å². The number of hydrogen-bond donors (Lipinski definition) is 0. The van der Waals surface area contributed by atoms with Crippen molar-refractivity contribution in [2.45, 2.75) is 90.9 Å². The van der Waals surface area contributed by atoms with E-state index in [9.17, 15) is 23.6 Å². The number of unbranched alkanes of at least 4 members (excludes halogenated alkanes) is 10. The zero-order chi connectivity index (χ0) is 43.9. The van der Waals surface area contributed by atoms with Crippen LogP contribution in [-0.2, 0) is 0 Å². The molecule has 0 aliphatic heterocycles. The van der Waals surface area contributed by atoms with Crippen molar-refractivity contribution in [1.82, 2.24) is 0 Å². The van der Waals surface area contributed by atoms with Gasteiger partial charge in [-0.1, -0.05) is 102 Å². The standard InChI is InChI=1S/C51H53F2N3O6/c1-3-5-7-9-11-13-29-59-47-27-24-42(31-45(47)52)55-35-37-15-19-39(20-16-37)50(57)61-44-26-23-41(34-54)49(33-44)62-51(58)40-21-17-38(18-22-40)36-56-43-25-28-48(46(53)32-43)60-30-14-12-10-8-6-4-2/h15-28,31-33,35-36H,3-14,29-30H2,1-2H3. The number of aliphatic imine (C=N–C) groups is 2. The first-order valence-electron chi connectivity index (χ1n) is 21.4. The van der Waals surface area contributed by atoms with Crippen LogP contribution in [-0.4, -0.2) is 37.6 Å². The Kier molecular flexibility index (Phi) is 18.8. The lowest BCUT2D eigenvalue weighted by molar-refractivity contribution is 0.0732. The van der Waals surface area contributed by atoms with Gasteiger partial charge in [-0.15, -0.1) is 0 Å². The molecule has 0 bridgehead atoms. The van der Waals surface area contributed by atoms with Crippen molar-refractivity contribution in [3.05, 3.63) is 143 Å². The molecule has 5 aromatic carbocycles. The summed E-state index contributed by atoms with van der Waals surface area (Å²) in [4.78, 5) is 34.8. The highest BCUT2D eigenvalue weighted by molar-refractivity contribution is 5.94. The molecule has 0 atom stereocenters. The zero-order valence-electron chi connectivity index (χ0n) is 35.4. The molecule has 9 nitrogen and oxygen atoms in total. The maximum Gasteiger partial charge on any atom is 0.343 e. The molecule has 62 heavy (non-hydrogen) atoms. The normalized spacial score (nSPS) is 11.1. The number of nitrogens with zero attached hydrogens (tertiary/aromatic N) is 3. The van der Waals surface area contributed by atoms with Crippen molar-refractivity contribution < 1.29 is 37.3 Å².